The fraction of sp³-hybridized carbons (Fsp3) is 0.625. The number of hydrogen-bond acceptors (Lipinski definition) is 0. The van der Waals surface area contributed by atoms with Gasteiger partial charge in [0.2, 0.25) is 0 Å². The molecule has 1 rings (SSSR count). The van der Waals surface area contributed by atoms with Crippen LogP contribution in [0.2, 0.25) is 0 Å². The molecule has 0 fully saturated rings. The number of aryl methyl sites for hydroxylation is 1. The second-order valence-electron chi connectivity index (χ2n) is 5.54. The van der Waals surface area contributed by atoms with Gasteiger partial charge < -0.3 is 0 Å². The molecule has 0 N–H and O–H groups in total. The van der Waals surface area contributed by atoms with Gasteiger partial charge in [-0.15, -0.1) is 0 Å². The molecule has 0 unspecified atom stereocenters. The van der Waals surface area contributed by atoms with Gasteiger partial charge in [-0.05, 0) is 35.8 Å². The van der Waals surface area contributed by atoms with Crippen LogP contribution < -0.4 is 0 Å². The molecule has 1 aromatic rings. The van der Waals surface area contributed by atoms with Gasteiger partial charge in [0, 0.05) is 0 Å². The average Bonchev–Trinajstić information content (AvgIpc) is 2.24. The fourth-order valence-electron chi connectivity index (χ4n) is 1.99. The van der Waals surface area contributed by atoms with Crippen LogP contribution in [0.15, 0.2) is 24.3 Å². The van der Waals surface area contributed by atoms with Crippen molar-refractivity contribution in [2.24, 2.45) is 5.92 Å². The van der Waals surface area contributed by atoms with Crippen LogP contribution in [0, 0.1) is 5.92 Å². The molecule has 0 radical (unpaired) electrons. The standard InChI is InChI=1S/C16H26/c1-13(2)8-5-6-9-15-10-7-11-16(12-15)14(3)4/h7,10-14H,5-6,8-9H2,1-4H3. The lowest BCUT2D eigenvalue weighted by Crippen LogP contribution is -1.92. The lowest BCUT2D eigenvalue weighted by Gasteiger charge is -2.08. The van der Waals surface area contributed by atoms with Crippen molar-refractivity contribution in [3.8, 4) is 0 Å². The Kier molecular flexibility index (Phi) is 5.59. The summed E-state index contributed by atoms with van der Waals surface area (Å²) in [7, 11) is 0. The summed E-state index contributed by atoms with van der Waals surface area (Å²) in [6.45, 7) is 9.13. The minimum atomic E-state index is 0.649. The SMILES string of the molecule is CC(C)CCCCc1cccc(C(C)C)c1. The zero-order chi connectivity index (χ0) is 12.0. The van der Waals surface area contributed by atoms with E-state index in [1.165, 1.54) is 36.8 Å². The maximum Gasteiger partial charge on any atom is -0.0219 e. The summed E-state index contributed by atoms with van der Waals surface area (Å²) in [5.41, 5.74) is 2.98. The summed E-state index contributed by atoms with van der Waals surface area (Å²) >= 11 is 0. The minimum Gasteiger partial charge on any atom is -0.0628 e. The van der Waals surface area contributed by atoms with Crippen LogP contribution in [0.5, 0.6) is 0 Å². The molecule has 0 atom stereocenters. The maximum absolute atomic E-state index is 2.38. The van der Waals surface area contributed by atoms with Crippen molar-refractivity contribution < 1.29 is 0 Å². The van der Waals surface area contributed by atoms with Crippen LogP contribution in [0.4, 0.5) is 0 Å². The highest BCUT2D eigenvalue weighted by atomic mass is 14.1. The van der Waals surface area contributed by atoms with Crippen LogP contribution in [-0.2, 0) is 6.42 Å². The third-order valence-electron chi connectivity index (χ3n) is 3.11. The number of hydrogen-bond donors (Lipinski definition) is 0. The summed E-state index contributed by atoms with van der Waals surface area (Å²) < 4.78 is 0. The summed E-state index contributed by atoms with van der Waals surface area (Å²) in [5.74, 6) is 1.50. The molecule has 0 heteroatoms. The molecule has 90 valence electrons. The summed E-state index contributed by atoms with van der Waals surface area (Å²) in [6, 6.07) is 9.08. The van der Waals surface area contributed by atoms with Crippen LogP contribution in [0.1, 0.15) is 64.0 Å². The molecule has 0 aliphatic rings. The van der Waals surface area contributed by atoms with E-state index in [0.29, 0.717) is 5.92 Å². The van der Waals surface area contributed by atoms with Gasteiger partial charge in [-0.3, -0.25) is 0 Å². The van der Waals surface area contributed by atoms with E-state index in [-0.39, 0.29) is 0 Å². The van der Waals surface area contributed by atoms with Crippen LogP contribution in [-0.4, -0.2) is 0 Å². The van der Waals surface area contributed by atoms with E-state index in [1.54, 1.807) is 0 Å². The Hall–Kier alpha value is -0.780. The normalized spacial score (nSPS) is 11.4. The van der Waals surface area contributed by atoms with Gasteiger partial charge in [-0.25, -0.2) is 0 Å². The maximum atomic E-state index is 2.38. The highest BCUT2D eigenvalue weighted by molar-refractivity contribution is 5.25. The molecular weight excluding hydrogens is 192 g/mol. The largest absolute Gasteiger partial charge is 0.0628 e. The Labute approximate surface area is 101 Å². The zero-order valence-corrected chi connectivity index (χ0v) is 11.3. The van der Waals surface area contributed by atoms with Crippen molar-refractivity contribution in [1.29, 1.82) is 0 Å². The van der Waals surface area contributed by atoms with Crippen molar-refractivity contribution in [3.63, 3.8) is 0 Å². The molecule has 0 saturated carbocycles. The summed E-state index contributed by atoms with van der Waals surface area (Å²) in [6.07, 6.45) is 5.31. The van der Waals surface area contributed by atoms with Crippen LogP contribution in [0.3, 0.4) is 0 Å². The van der Waals surface area contributed by atoms with E-state index >= 15 is 0 Å². The lowest BCUT2D eigenvalue weighted by molar-refractivity contribution is 0.538. The van der Waals surface area contributed by atoms with Crippen molar-refractivity contribution in [2.45, 2.75) is 59.3 Å². The average molecular weight is 218 g/mol. The van der Waals surface area contributed by atoms with Crippen molar-refractivity contribution in [1.82, 2.24) is 0 Å². The van der Waals surface area contributed by atoms with E-state index in [2.05, 4.69) is 52.0 Å². The number of rotatable bonds is 6. The number of unbranched alkanes of at least 4 members (excludes halogenated alkanes) is 1. The predicted molar refractivity (Wildman–Crippen MR) is 72.9 cm³/mol. The zero-order valence-electron chi connectivity index (χ0n) is 11.3. The topological polar surface area (TPSA) is 0 Å². The molecule has 0 heterocycles. The minimum absolute atomic E-state index is 0.649. The third kappa shape index (κ3) is 4.83. The monoisotopic (exact) mass is 218 g/mol. The Bertz CT molecular complexity index is 297. The Morgan fingerprint density at radius 3 is 2.38 bits per heavy atom. The van der Waals surface area contributed by atoms with E-state index in [9.17, 15) is 0 Å². The highest BCUT2D eigenvalue weighted by Crippen LogP contribution is 2.17. The quantitative estimate of drug-likeness (QED) is 0.577. The Balaban J connectivity index is 2.39. The second-order valence-corrected chi connectivity index (χ2v) is 5.54. The molecule has 0 amide bonds. The van der Waals surface area contributed by atoms with E-state index in [1.807, 2.05) is 0 Å². The molecule has 1 aromatic carbocycles. The van der Waals surface area contributed by atoms with Gasteiger partial charge in [0.1, 0.15) is 0 Å². The Morgan fingerprint density at radius 1 is 1.00 bits per heavy atom. The molecule has 0 bridgehead atoms. The molecule has 0 spiro atoms. The van der Waals surface area contributed by atoms with Crippen LogP contribution in [0.25, 0.3) is 0 Å². The van der Waals surface area contributed by atoms with Gasteiger partial charge in [-0.1, -0.05) is 64.8 Å². The first-order valence-corrected chi connectivity index (χ1v) is 6.68. The van der Waals surface area contributed by atoms with Gasteiger partial charge in [0.15, 0.2) is 0 Å². The molecule has 0 aromatic heterocycles. The fourth-order valence-corrected chi connectivity index (χ4v) is 1.99. The predicted octanol–water partition coefficient (Wildman–Crippen LogP) is 5.18. The van der Waals surface area contributed by atoms with E-state index in [0.717, 1.165) is 5.92 Å². The molecule has 0 aliphatic heterocycles. The first-order chi connectivity index (χ1) is 7.59. The van der Waals surface area contributed by atoms with E-state index in [4.69, 9.17) is 0 Å². The molecule has 0 nitrogen and oxygen atoms in total. The van der Waals surface area contributed by atoms with E-state index < -0.39 is 0 Å². The first-order valence-electron chi connectivity index (χ1n) is 6.68. The highest BCUT2D eigenvalue weighted by Gasteiger charge is 2.00. The van der Waals surface area contributed by atoms with Gasteiger partial charge >= 0.3 is 0 Å². The summed E-state index contributed by atoms with van der Waals surface area (Å²) in [4.78, 5) is 0. The van der Waals surface area contributed by atoms with Crippen molar-refractivity contribution >= 4 is 0 Å². The van der Waals surface area contributed by atoms with Gasteiger partial charge in [0.05, 0.1) is 0 Å². The summed E-state index contributed by atoms with van der Waals surface area (Å²) in [5, 5.41) is 0. The van der Waals surface area contributed by atoms with Crippen LogP contribution >= 0.6 is 0 Å². The second kappa shape index (κ2) is 6.73. The molecule has 0 aliphatic carbocycles. The van der Waals surface area contributed by atoms with Crippen molar-refractivity contribution in [2.75, 3.05) is 0 Å². The smallest absolute Gasteiger partial charge is 0.0219 e. The molecular formula is C16H26. The lowest BCUT2D eigenvalue weighted by atomic mass is 9.97. The third-order valence-corrected chi connectivity index (χ3v) is 3.11. The van der Waals surface area contributed by atoms with Crippen molar-refractivity contribution in [3.05, 3.63) is 35.4 Å². The van der Waals surface area contributed by atoms with Gasteiger partial charge in [-0.2, -0.15) is 0 Å². The molecule has 0 saturated heterocycles. The van der Waals surface area contributed by atoms with Gasteiger partial charge in [0.25, 0.3) is 0 Å². The Morgan fingerprint density at radius 2 is 1.75 bits per heavy atom. The molecule has 16 heavy (non-hydrogen) atoms. The number of benzene rings is 1. The first kappa shape index (κ1) is 13.3.